The first kappa shape index (κ1) is 26.7. The van der Waals surface area contributed by atoms with Crippen molar-refractivity contribution in [2.24, 2.45) is 5.41 Å². The van der Waals surface area contributed by atoms with Gasteiger partial charge in [0.25, 0.3) is 0 Å². The third-order valence-electron chi connectivity index (χ3n) is 7.31. The molecule has 3 aromatic heterocycles. The Bertz CT molecular complexity index is 1860. The fourth-order valence-corrected chi connectivity index (χ4v) is 5.48. The summed E-state index contributed by atoms with van der Waals surface area (Å²) in [5.41, 5.74) is 3.45. The fourth-order valence-electron chi connectivity index (χ4n) is 4.98. The van der Waals surface area contributed by atoms with E-state index < -0.39 is 11.6 Å². The van der Waals surface area contributed by atoms with Crippen LogP contribution in [-0.4, -0.2) is 31.5 Å². The van der Waals surface area contributed by atoms with Gasteiger partial charge in [-0.2, -0.15) is 5.26 Å². The van der Waals surface area contributed by atoms with Crippen LogP contribution in [0.5, 0.6) is 0 Å². The summed E-state index contributed by atoms with van der Waals surface area (Å²) in [6.07, 6.45) is 6.83. The molecule has 3 heterocycles. The number of aromatic nitrogens is 5. The lowest BCUT2D eigenvalue weighted by molar-refractivity contribution is 0.443. The van der Waals surface area contributed by atoms with Gasteiger partial charge in [-0.1, -0.05) is 73.5 Å². The van der Waals surface area contributed by atoms with Gasteiger partial charge in [0.1, 0.15) is 17.3 Å². The van der Waals surface area contributed by atoms with E-state index in [-0.39, 0.29) is 5.41 Å². The Morgan fingerprint density at radius 3 is 2.57 bits per heavy atom. The van der Waals surface area contributed by atoms with Gasteiger partial charge in [-0.3, -0.25) is 9.97 Å². The van der Waals surface area contributed by atoms with Crippen molar-refractivity contribution >= 4 is 45.5 Å². The van der Waals surface area contributed by atoms with Gasteiger partial charge in [0.05, 0.1) is 41.1 Å². The van der Waals surface area contributed by atoms with E-state index in [1.54, 1.807) is 35.3 Å². The summed E-state index contributed by atoms with van der Waals surface area (Å²) in [5.74, 6) is 0. The molecule has 1 fully saturated rings. The molecule has 0 radical (unpaired) electrons. The number of hydrogen-bond donors (Lipinski definition) is 2. The number of nitriles is 1. The van der Waals surface area contributed by atoms with Crippen molar-refractivity contribution in [3.05, 3.63) is 106 Å². The first-order chi connectivity index (χ1) is 20.5. The summed E-state index contributed by atoms with van der Waals surface area (Å²) in [5, 5.41) is 27.1. The number of pyridine rings is 2. The van der Waals surface area contributed by atoms with Gasteiger partial charge in [0, 0.05) is 35.0 Å². The van der Waals surface area contributed by atoms with Crippen LogP contribution in [0, 0.1) is 16.7 Å². The van der Waals surface area contributed by atoms with Crippen molar-refractivity contribution in [3.8, 4) is 6.07 Å². The topological polar surface area (TPSA) is 104 Å². The highest BCUT2D eigenvalue weighted by Gasteiger charge is 2.49. The normalized spacial score (nSPS) is 15.9. The third kappa shape index (κ3) is 5.38. The number of nitrogens with zero attached hydrogens (tertiary/aromatic N) is 6. The summed E-state index contributed by atoms with van der Waals surface area (Å²) in [6.45, 7) is 6.96. The maximum absolute atomic E-state index is 9.87. The Kier molecular flexibility index (Phi) is 6.93. The van der Waals surface area contributed by atoms with Crippen LogP contribution >= 0.6 is 23.2 Å². The molecule has 42 heavy (non-hydrogen) atoms. The standard InChI is InChI=1S/C32H30Cl2N8/c1-31(2,3)19-38-28-20(16-35)17-37-29-23(28)14-21(15-25(29)34)39-30(22-8-4-5-9-24(22)33)26-18-42(41-40-26)32(11-12-32)27-10-6-7-13-36-27/h4-10,13-15,17-18,30,39H,11-12,19H2,1-3H3,(H,37,38)/i30D. The SMILES string of the molecule is [2H]C(Nc1cc(Cl)c2ncc(C#N)c(NCC(C)(C)C)c2c1)(c1cn(C2(c3ccccn3)CC2)nn1)c1ccccc1Cl. The molecule has 0 saturated heterocycles. The van der Waals surface area contributed by atoms with E-state index in [0.717, 1.165) is 18.5 Å². The predicted molar refractivity (Wildman–Crippen MR) is 167 cm³/mol. The minimum atomic E-state index is -1.65. The number of halogens is 2. The third-order valence-corrected chi connectivity index (χ3v) is 7.92. The molecule has 2 aromatic carbocycles. The van der Waals surface area contributed by atoms with Gasteiger partial charge < -0.3 is 10.6 Å². The number of hydrogen-bond acceptors (Lipinski definition) is 7. The molecule has 5 aromatic rings. The van der Waals surface area contributed by atoms with Gasteiger partial charge in [-0.15, -0.1) is 5.10 Å². The Labute approximate surface area is 256 Å². The van der Waals surface area contributed by atoms with Gasteiger partial charge in [0.2, 0.25) is 0 Å². The largest absolute Gasteiger partial charge is 0.383 e. The van der Waals surface area contributed by atoms with Crippen LogP contribution in [-0.2, 0) is 5.54 Å². The molecule has 2 N–H and O–H groups in total. The summed E-state index contributed by atoms with van der Waals surface area (Å²) in [6, 6.07) is 17.2. The van der Waals surface area contributed by atoms with E-state index >= 15 is 0 Å². The Hall–Kier alpha value is -4.19. The summed E-state index contributed by atoms with van der Waals surface area (Å²) < 4.78 is 11.6. The Morgan fingerprint density at radius 2 is 1.88 bits per heavy atom. The minimum absolute atomic E-state index is 0.0393. The molecule has 1 unspecified atom stereocenters. The number of anilines is 2. The monoisotopic (exact) mass is 597 g/mol. The number of nitrogens with one attached hydrogen (secondary N) is 2. The van der Waals surface area contributed by atoms with Crippen molar-refractivity contribution in [1.29, 1.82) is 5.26 Å². The molecule has 0 spiro atoms. The van der Waals surface area contributed by atoms with Crippen LogP contribution in [0.25, 0.3) is 10.9 Å². The second-order valence-corrected chi connectivity index (χ2v) is 12.5. The predicted octanol–water partition coefficient (Wildman–Crippen LogP) is 7.60. The molecule has 1 aliphatic carbocycles. The van der Waals surface area contributed by atoms with E-state index in [9.17, 15) is 6.63 Å². The first-order valence-corrected chi connectivity index (χ1v) is 14.4. The number of benzene rings is 2. The molecule has 1 atom stereocenters. The van der Waals surface area contributed by atoms with Crippen molar-refractivity contribution < 1.29 is 1.37 Å². The molecule has 8 nitrogen and oxygen atoms in total. The maximum Gasteiger partial charge on any atom is 0.110 e. The van der Waals surface area contributed by atoms with Crippen LogP contribution < -0.4 is 10.6 Å². The lowest BCUT2D eigenvalue weighted by Crippen LogP contribution is -2.20. The molecule has 1 saturated carbocycles. The van der Waals surface area contributed by atoms with Gasteiger partial charge in [-0.05, 0) is 54.2 Å². The maximum atomic E-state index is 9.87. The highest BCUT2D eigenvalue weighted by molar-refractivity contribution is 6.36. The van der Waals surface area contributed by atoms with Crippen molar-refractivity contribution in [2.45, 2.75) is 45.2 Å². The average Bonchev–Trinajstić information content (AvgIpc) is 3.64. The molecule has 10 heteroatoms. The van der Waals surface area contributed by atoms with E-state index in [0.29, 0.717) is 55.7 Å². The minimum Gasteiger partial charge on any atom is -0.383 e. The van der Waals surface area contributed by atoms with Gasteiger partial charge >= 0.3 is 0 Å². The Balaban J connectivity index is 1.46. The second kappa shape index (κ2) is 10.9. The van der Waals surface area contributed by atoms with Crippen molar-refractivity contribution in [1.82, 2.24) is 25.0 Å². The first-order valence-electron chi connectivity index (χ1n) is 14.2. The zero-order valence-corrected chi connectivity index (χ0v) is 25.0. The summed E-state index contributed by atoms with van der Waals surface area (Å²) >= 11 is 13.5. The molecule has 212 valence electrons. The van der Waals surface area contributed by atoms with Crippen LogP contribution in [0.15, 0.2) is 73.2 Å². The van der Waals surface area contributed by atoms with Crippen LogP contribution in [0.4, 0.5) is 11.4 Å². The van der Waals surface area contributed by atoms with Crippen LogP contribution in [0.2, 0.25) is 10.0 Å². The van der Waals surface area contributed by atoms with E-state index in [2.05, 4.69) is 57.8 Å². The zero-order chi connectivity index (χ0) is 30.4. The van der Waals surface area contributed by atoms with Crippen LogP contribution in [0.1, 0.15) is 63.5 Å². The summed E-state index contributed by atoms with van der Waals surface area (Å²) in [4.78, 5) is 9.04. The highest BCUT2D eigenvalue weighted by atomic mass is 35.5. The summed E-state index contributed by atoms with van der Waals surface area (Å²) in [7, 11) is 0. The van der Waals surface area contributed by atoms with Crippen molar-refractivity contribution in [3.63, 3.8) is 0 Å². The fraction of sp³-hybridized carbons (Fsp3) is 0.281. The quantitative estimate of drug-likeness (QED) is 0.190. The molecule has 6 rings (SSSR count). The molecule has 1 aliphatic rings. The lowest BCUT2D eigenvalue weighted by Gasteiger charge is -2.23. The number of fused-ring (bicyclic) bond motifs is 1. The van der Waals surface area contributed by atoms with Gasteiger partial charge in [0.15, 0.2) is 0 Å². The lowest BCUT2D eigenvalue weighted by atomic mass is 9.96. The average molecular weight is 599 g/mol. The highest BCUT2D eigenvalue weighted by Crippen LogP contribution is 2.48. The van der Waals surface area contributed by atoms with E-state index in [4.69, 9.17) is 23.2 Å². The molecular formula is C32H30Cl2N8. The smallest absolute Gasteiger partial charge is 0.110 e. The molecular weight excluding hydrogens is 567 g/mol. The molecule has 0 bridgehead atoms. The molecule has 0 aliphatic heterocycles. The van der Waals surface area contributed by atoms with Crippen LogP contribution in [0.3, 0.4) is 0 Å². The Morgan fingerprint density at radius 1 is 1.10 bits per heavy atom. The number of rotatable bonds is 8. The van der Waals surface area contributed by atoms with Gasteiger partial charge in [-0.25, -0.2) is 4.68 Å². The van der Waals surface area contributed by atoms with E-state index in [1.807, 2.05) is 36.4 Å². The molecule has 0 amide bonds. The van der Waals surface area contributed by atoms with E-state index in [1.165, 1.54) is 6.20 Å². The second-order valence-electron chi connectivity index (χ2n) is 11.7. The zero-order valence-electron chi connectivity index (χ0n) is 24.5. The van der Waals surface area contributed by atoms with Crippen molar-refractivity contribution in [2.75, 3.05) is 17.2 Å².